The first-order valence-electron chi connectivity index (χ1n) is 5.97. The zero-order valence-electron chi connectivity index (χ0n) is 10.1. The summed E-state index contributed by atoms with van der Waals surface area (Å²) in [6.45, 7) is 2.31. The van der Waals surface area contributed by atoms with Gasteiger partial charge in [-0.3, -0.25) is 9.59 Å². The second-order valence-corrected chi connectivity index (χ2v) is 5.40. The molecule has 2 aliphatic rings. The Labute approximate surface area is 110 Å². The molecule has 2 rings (SSSR count). The summed E-state index contributed by atoms with van der Waals surface area (Å²) in [5.74, 6) is -1.39. The summed E-state index contributed by atoms with van der Waals surface area (Å²) >= 11 is 1.12. The largest absolute Gasteiger partial charge is 0.481 e. The van der Waals surface area contributed by atoms with Crippen molar-refractivity contribution in [2.75, 3.05) is 37.8 Å². The molecule has 6 nitrogen and oxygen atoms in total. The Bertz CT molecular complexity index is 329. The summed E-state index contributed by atoms with van der Waals surface area (Å²) in [6, 6.07) is 0. The minimum atomic E-state index is -0.898. The molecule has 2 fully saturated rings. The molecular formula is C11H17NO5S. The lowest BCUT2D eigenvalue weighted by atomic mass is 10.0. The number of hydrogen-bond acceptors (Lipinski definition) is 5. The van der Waals surface area contributed by atoms with E-state index in [0.717, 1.165) is 24.6 Å². The number of amides is 1. The normalized spacial score (nSPS) is 22.3. The van der Waals surface area contributed by atoms with Gasteiger partial charge in [0, 0.05) is 13.0 Å². The van der Waals surface area contributed by atoms with Gasteiger partial charge in [0.25, 0.3) is 0 Å². The molecule has 0 aromatic heterocycles. The number of carbonyl (C=O) groups is 2. The Morgan fingerprint density at radius 1 is 1.28 bits per heavy atom. The van der Waals surface area contributed by atoms with Gasteiger partial charge in [0.05, 0.1) is 31.3 Å². The van der Waals surface area contributed by atoms with E-state index in [2.05, 4.69) is 0 Å². The highest BCUT2D eigenvalue weighted by Gasteiger charge is 2.41. The highest BCUT2D eigenvalue weighted by Crippen LogP contribution is 2.30. The maximum absolute atomic E-state index is 11.9. The standard InChI is InChI=1S/C11H17NO5S/c13-9(6-18-7-10(14)15)12-3-1-2-11(8-12)16-4-5-17-11/h1-8H2,(H,14,15). The molecule has 1 amide bonds. The molecule has 102 valence electrons. The minimum Gasteiger partial charge on any atom is -0.481 e. The van der Waals surface area contributed by atoms with Crippen molar-refractivity contribution in [2.24, 2.45) is 0 Å². The van der Waals surface area contributed by atoms with Crippen molar-refractivity contribution in [3.8, 4) is 0 Å². The lowest BCUT2D eigenvalue weighted by molar-refractivity contribution is -0.192. The maximum Gasteiger partial charge on any atom is 0.313 e. The molecule has 1 N–H and O–H groups in total. The fourth-order valence-corrected chi connectivity index (χ4v) is 2.88. The van der Waals surface area contributed by atoms with Gasteiger partial charge >= 0.3 is 5.97 Å². The Morgan fingerprint density at radius 3 is 2.67 bits per heavy atom. The average Bonchev–Trinajstić information content (AvgIpc) is 2.76. The predicted molar refractivity (Wildman–Crippen MR) is 65.4 cm³/mol. The van der Waals surface area contributed by atoms with E-state index in [1.165, 1.54) is 0 Å². The van der Waals surface area contributed by atoms with Crippen LogP contribution in [-0.4, -0.2) is 65.5 Å². The van der Waals surface area contributed by atoms with E-state index in [1.54, 1.807) is 4.90 Å². The number of carboxylic acids is 1. The summed E-state index contributed by atoms with van der Waals surface area (Å²) in [7, 11) is 0. The highest BCUT2D eigenvalue weighted by atomic mass is 32.2. The number of nitrogens with zero attached hydrogens (tertiary/aromatic N) is 1. The number of aliphatic carboxylic acids is 1. The molecule has 7 heteroatoms. The Balaban J connectivity index is 1.81. The highest BCUT2D eigenvalue weighted by molar-refractivity contribution is 8.00. The summed E-state index contributed by atoms with van der Waals surface area (Å²) in [4.78, 5) is 24.0. The van der Waals surface area contributed by atoms with Gasteiger partial charge in [-0.1, -0.05) is 0 Å². The molecule has 0 bridgehead atoms. The van der Waals surface area contributed by atoms with E-state index >= 15 is 0 Å². The van der Waals surface area contributed by atoms with Gasteiger partial charge in [0.15, 0.2) is 5.79 Å². The molecule has 2 aliphatic heterocycles. The van der Waals surface area contributed by atoms with Crippen LogP contribution in [-0.2, 0) is 19.1 Å². The van der Waals surface area contributed by atoms with Crippen LogP contribution in [0.1, 0.15) is 12.8 Å². The van der Waals surface area contributed by atoms with Crippen molar-refractivity contribution >= 4 is 23.6 Å². The van der Waals surface area contributed by atoms with Crippen LogP contribution in [0.2, 0.25) is 0 Å². The summed E-state index contributed by atoms with van der Waals surface area (Å²) in [6.07, 6.45) is 1.67. The number of likely N-dealkylation sites (tertiary alicyclic amines) is 1. The quantitative estimate of drug-likeness (QED) is 0.788. The van der Waals surface area contributed by atoms with Crippen molar-refractivity contribution in [2.45, 2.75) is 18.6 Å². The van der Waals surface area contributed by atoms with E-state index < -0.39 is 11.8 Å². The predicted octanol–water partition coefficient (Wildman–Crippen LogP) is 0.170. The third-order valence-corrected chi connectivity index (χ3v) is 3.94. The Kier molecular flexibility index (Phi) is 4.47. The van der Waals surface area contributed by atoms with Crippen LogP contribution in [0.4, 0.5) is 0 Å². The van der Waals surface area contributed by atoms with Crippen molar-refractivity contribution in [1.29, 1.82) is 0 Å². The van der Waals surface area contributed by atoms with Gasteiger partial charge in [0.2, 0.25) is 5.91 Å². The summed E-state index contributed by atoms with van der Waals surface area (Å²) in [5.41, 5.74) is 0. The molecule has 0 atom stereocenters. The second kappa shape index (κ2) is 5.90. The third-order valence-electron chi connectivity index (χ3n) is 3.03. The molecule has 1 spiro atoms. The van der Waals surface area contributed by atoms with Gasteiger partial charge in [-0.05, 0) is 6.42 Å². The Morgan fingerprint density at radius 2 is 2.00 bits per heavy atom. The van der Waals surface area contributed by atoms with E-state index in [9.17, 15) is 9.59 Å². The molecular weight excluding hydrogens is 258 g/mol. The van der Waals surface area contributed by atoms with Crippen molar-refractivity contribution in [1.82, 2.24) is 4.90 Å². The second-order valence-electron chi connectivity index (χ2n) is 4.41. The summed E-state index contributed by atoms with van der Waals surface area (Å²) < 4.78 is 11.2. The molecule has 0 aromatic carbocycles. The first-order chi connectivity index (χ1) is 8.61. The average molecular weight is 275 g/mol. The molecule has 2 heterocycles. The Hall–Kier alpha value is -0.790. The molecule has 2 saturated heterocycles. The van der Waals surface area contributed by atoms with E-state index in [0.29, 0.717) is 26.3 Å². The lowest BCUT2D eigenvalue weighted by Gasteiger charge is -2.38. The number of thioether (sulfide) groups is 1. The van der Waals surface area contributed by atoms with Crippen molar-refractivity contribution in [3.05, 3.63) is 0 Å². The molecule has 0 aromatic rings. The first kappa shape index (κ1) is 13.6. The van der Waals surface area contributed by atoms with Crippen LogP contribution < -0.4 is 0 Å². The molecule has 0 aliphatic carbocycles. The van der Waals surface area contributed by atoms with Gasteiger partial charge in [0.1, 0.15) is 0 Å². The fraction of sp³-hybridized carbons (Fsp3) is 0.818. The van der Waals surface area contributed by atoms with E-state index in [1.807, 2.05) is 0 Å². The number of piperidine rings is 1. The van der Waals surface area contributed by atoms with Gasteiger partial charge < -0.3 is 19.5 Å². The fourth-order valence-electron chi connectivity index (χ4n) is 2.25. The molecule has 0 unspecified atom stereocenters. The van der Waals surface area contributed by atoms with Crippen LogP contribution >= 0.6 is 11.8 Å². The van der Waals surface area contributed by atoms with Crippen LogP contribution in [0.5, 0.6) is 0 Å². The lowest BCUT2D eigenvalue weighted by Crippen LogP contribution is -2.51. The zero-order valence-corrected chi connectivity index (χ0v) is 10.9. The topological polar surface area (TPSA) is 76.1 Å². The number of rotatable bonds is 4. The van der Waals surface area contributed by atoms with Gasteiger partial charge in [-0.25, -0.2) is 0 Å². The van der Waals surface area contributed by atoms with Crippen LogP contribution in [0, 0.1) is 0 Å². The van der Waals surface area contributed by atoms with Crippen molar-refractivity contribution in [3.63, 3.8) is 0 Å². The smallest absolute Gasteiger partial charge is 0.313 e. The van der Waals surface area contributed by atoms with E-state index in [-0.39, 0.29) is 17.4 Å². The molecule has 0 saturated carbocycles. The van der Waals surface area contributed by atoms with Crippen LogP contribution in [0.3, 0.4) is 0 Å². The monoisotopic (exact) mass is 275 g/mol. The minimum absolute atomic E-state index is 0.0422. The molecule has 18 heavy (non-hydrogen) atoms. The van der Waals surface area contributed by atoms with E-state index in [4.69, 9.17) is 14.6 Å². The third kappa shape index (κ3) is 3.37. The van der Waals surface area contributed by atoms with Crippen molar-refractivity contribution < 1.29 is 24.2 Å². The van der Waals surface area contributed by atoms with Crippen LogP contribution in [0.25, 0.3) is 0 Å². The maximum atomic E-state index is 11.9. The van der Waals surface area contributed by atoms with Gasteiger partial charge in [-0.15, -0.1) is 11.8 Å². The number of carbonyl (C=O) groups excluding carboxylic acids is 1. The van der Waals surface area contributed by atoms with Gasteiger partial charge in [-0.2, -0.15) is 0 Å². The number of ether oxygens (including phenoxy) is 2. The summed E-state index contributed by atoms with van der Waals surface area (Å²) in [5, 5.41) is 8.52. The van der Waals surface area contributed by atoms with Crippen LogP contribution in [0.15, 0.2) is 0 Å². The number of carboxylic acid groups (broad SMARTS) is 1. The number of hydrogen-bond donors (Lipinski definition) is 1. The zero-order chi connectivity index (χ0) is 13.0. The molecule has 0 radical (unpaired) electrons. The first-order valence-corrected chi connectivity index (χ1v) is 7.12. The SMILES string of the molecule is O=C(O)CSCC(=O)N1CCCC2(C1)OCCO2.